The summed E-state index contributed by atoms with van der Waals surface area (Å²) in [6, 6.07) is 34.6. The van der Waals surface area contributed by atoms with Crippen LogP contribution in [-0.2, 0) is 33.9 Å². The van der Waals surface area contributed by atoms with E-state index in [9.17, 15) is 14.4 Å². The molecule has 2 saturated heterocycles. The average molecular weight is 755 g/mol. The summed E-state index contributed by atoms with van der Waals surface area (Å²) in [7, 11) is 4.09. The number of nitrogens with zero attached hydrogens (tertiary/aromatic N) is 6. The van der Waals surface area contributed by atoms with Crippen molar-refractivity contribution >= 4 is 35.2 Å². The molecule has 0 aromatic heterocycles. The van der Waals surface area contributed by atoms with Crippen LogP contribution in [0.15, 0.2) is 109 Å². The van der Waals surface area contributed by atoms with Crippen molar-refractivity contribution in [3.8, 4) is 0 Å². The van der Waals surface area contributed by atoms with Gasteiger partial charge in [0.25, 0.3) is 0 Å². The van der Waals surface area contributed by atoms with Gasteiger partial charge in [0.15, 0.2) is 0 Å². The fraction of sp³-hybridized carbons (Fsp3) is 0.383. The maximum atomic E-state index is 14.8. The molecule has 2 heterocycles. The van der Waals surface area contributed by atoms with Crippen LogP contribution in [0.4, 0.5) is 11.4 Å². The number of rotatable bonds is 13. The predicted octanol–water partition coefficient (Wildman–Crippen LogP) is 6.54. The van der Waals surface area contributed by atoms with E-state index in [-0.39, 0.29) is 17.7 Å². The van der Waals surface area contributed by atoms with E-state index in [1.54, 1.807) is 17.9 Å². The second kappa shape index (κ2) is 19.0. The third kappa shape index (κ3) is 10.7. The number of carbonyl (C=O) groups is 3. The highest BCUT2D eigenvalue weighted by atomic mass is 16.2. The first-order valence-electron chi connectivity index (χ1n) is 20.0. The predicted molar refractivity (Wildman–Crippen MR) is 228 cm³/mol. The molecule has 2 aliphatic heterocycles. The zero-order chi connectivity index (χ0) is 39.6. The van der Waals surface area contributed by atoms with E-state index >= 15 is 0 Å². The van der Waals surface area contributed by atoms with Gasteiger partial charge in [-0.2, -0.15) is 0 Å². The lowest BCUT2D eigenvalue weighted by molar-refractivity contribution is -0.145. The van der Waals surface area contributed by atoms with Crippen molar-refractivity contribution in [1.29, 1.82) is 0 Å². The van der Waals surface area contributed by atoms with Crippen LogP contribution in [0, 0.1) is 0 Å². The highest BCUT2D eigenvalue weighted by Gasteiger charge is 2.34. The van der Waals surface area contributed by atoms with Crippen LogP contribution in [0.2, 0.25) is 0 Å². The molecule has 1 atom stereocenters. The van der Waals surface area contributed by atoms with Crippen molar-refractivity contribution in [1.82, 2.24) is 19.6 Å². The van der Waals surface area contributed by atoms with Gasteiger partial charge in [0.05, 0.1) is 0 Å². The highest BCUT2D eigenvalue weighted by Crippen LogP contribution is 2.23. The highest BCUT2D eigenvalue weighted by molar-refractivity contribution is 5.96. The fourth-order valence-corrected chi connectivity index (χ4v) is 7.55. The minimum atomic E-state index is -0.692. The van der Waals surface area contributed by atoms with E-state index in [0.717, 1.165) is 55.1 Å². The first kappa shape index (κ1) is 40.3. The lowest BCUT2D eigenvalue weighted by atomic mass is 10.0. The quantitative estimate of drug-likeness (QED) is 0.145. The van der Waals surface area contributed by atoms with Crippen LogP contribution in [0.5, 0.6) is 0 Å². The molecule has 294 valence electrons. The fourth-order valence-electron chi connectivity index (χ4n) is 7.55. The smallest absolute Gasteiger partial charge is 0.247 e. The molecule has 0 bridgehead atoms. The first-order chi connectivity index (χ1) is 27.0. The van der Waals surface area contributed by atoms with Crippen molar-refractivity contribution in [3.63, 3.8) is 0 Å². The van der Waals surface area contributed by atoms with Gasteiger partial charge in [0, 0.05) is 110 Å². The lowest BCUT2D eigenvalue weighted by Crippen LogP contribution is -2.56. The molecule has 9 heteroatoms. The average Bonchev–Trinajstić information content (AvgIpc) is 3.22. The number of piperazine rings is 2. The second-order valence-corrected chi connectivity index (χ2v) is 15.6. The summed E-state index contributed by atoms with van der Waals surface area (Å²) in [5, 5.41) is 0. The topological polar surface area (TPSA) is 70.6 Å². The van der Waals surface area contributed by atoms with Crippen LogP contribution < -0.4 is 9.80 Å². The molecule has 2 fully saturated rings. The largest absolute Gasteiger partial charge is 0.378 e. The van der Waals surface area contributed by atoms with Gasteiger partial charge in [-0.25, -0.2) is 0 Å². The van der Waals surface area contributed by atoms with Gasteiger partial charge >= 0.3 is 0 Å². The number of benzene rings is 4. The molecule has 4 aromatic rings. The monoisotopic (exact) mass is 754 g/mol. The first-order valence-corrected chi connectivity index (χ1v) is 20.0. The molecule has 0 N–H and O–H groups in total. The van der Waals surface area contributed by atoms with Crippen molar-refractivity contribution in [2.24, 2.45) is 0 Å². The number of anilines is 2. The third-order valence-corrected chi connectivity index (χ3v) is 11.2. The second-order valence-electron chi connectivity index (χ2n) is 15.6. The Morgan fingerprint density at radius 1 is 0.679 bits per heavy atom. The van der Waals surface area contributed by atoms with E-state index in [2.05, 4.69) is 89.2 Å². The van der Waals surface area contributed by atoms with E-state index in [0.29, 0.717) is 45.1 Å². The molecule has 2 aliphatic rings. The normalized spacial score (nSPS) is 15.6. The number of carbonyl (C=O) groups excluding carboxylic acids is 3. The molecule has 4 aromatic carbocycles. The molecule has 3 amide bonds. The van der Waals surface area contributed by atoms with Gasteiger partial charge in [0.2, 0.25) is 17.7 Å². The summed E-state index contributed by atoms with van der Waals surface area (Å²) in [5.41, 5.74) is 7.66. The summed E-state index contributed by atoms with van der Waals surface area (Å²) in [6.45, 7) is 12.8. The maximum absolute atomic E-state index is 14.8. The van der Waals surface area contributed by atoms with Crippen LogP contribution in [0.25, 0.3) is 6.08 Å². The molecule has 56 heavy (non-hydrogen) atoms. The maximum Gasteiger partial charge on any atom is 0.247 e. The van der Waals surface area contributed by atoms with Gasteiger partial charge in [-0.05, 0) is 64.1 Å². The van der Waals surface area contributed by atoms with E-state index in [4.69, 9.17) is 0 Å². The molecule has 0 radical (unpaired) electrons. The SMILES string of the molecule is CC(=O)N1CCN(c2ccc(CN(C(=O)C=Cc3ccc(C(C)C)cc3)[C@@H](Cc3ccccc3)C(=O)N3CCN(Cc4ccc(N(C)C)cc4)CC3)cc2)CC1. The number of hydrogen-bond acceptors (Lipinski definition) is 6. The molecular weight excluding hydrogens is 697 g/mol. The summed E-state index contributed by atoms with van der Waals surface area (Å²) in [6.07, 6.45) is 3.90. The van der Waals surface area contributed by atoms with Gasteiger partial charge in [0.1, 0.15) is 6.04 Å². The van der Waals surface area contributed by atoms with E-state index in [1.807, 2.05) is 72.4 Å². The standard InChI is InChI=1S/C47H58N6O3/c1-36(2)42-18-11-38(12-19-42)17-24-46(55)53(35-41-15-22-44(23-16-41)51-31-29-50(30-32-51)37(3)54)45(33-39-9-7-6-8-10-39)47(56)52-27-25-49(26-28-52)34-40-13-20-43(21-14-40)48(4)5/h6-24,36,45H,25-35H2,1-5H3/t45-/m0/s1. The summed E-state index contributed by atoms with van der Waals surface area (Å²) in [5.74, 6) is 0.310. The Balaban J connectivity index is 1.23. The van der Waals surface area contributed by atoms with Gasteiger partial charge in [-0.1, -0.05) is 92.7 Å². The Morgan fingerprint density at radius 3 is 1.88 bits per heavy atom. The van der Waals surface area contributed by atoms with Crippen LogP contribution in [0.3, 0.4) is 0 Å². The number of amides is 3. The Bertz CT molecular complexity index is 1910. The van der Waals surface area contributed by atoms with Crippen molar-refractivity contribution in [2.45, 2.75) is 52.2 Å². The van der Waals surface area contributed by atoms with E-state index < -0.39 is 6.04 Å². The zero-order valence-corrected chi connectivity index (χ0v) is 33.8. The minimum Gasteiger partial charge on any atom is -0.378 e. The van der Waals surface area contributed by atoms with Gasteiger partial charge in [-0.15, -0.1) is 0 Å². The molecule has 0 aliphatic carbocycles. The van der Waals surface area contributed by atoms with Crippen LogP contribution >= 0.6 is 0 Å². The molecule has 9 nitrogen and oxygen atoms in total. The molecule has 0 saturated carbocycles. The Morgan fingerprint density at radius 2 is 1.29 bits per heavy atom. The molecule has 6 rings (SSSR count). The molecule has 0 spiro atoms. The summed E-state index contributed by atoms with van der Waals surface area (Å²) < 4.78 is 0. The molecular formula is C47H58N6O3. The zero-order valence-electron chi connectivity index (χ0n) is 33.8. The Labute approximate surface area is 333 Å². The Hall–Kier alpha value is -5.41. The summed E-state index contributed by atoms with van der Waals surface area (Å²) >= 11 is 0. The third-order valence-electron chi connectivity index (χ3n) is 11.2. The lowest BCUT2D eigenvalue weighted by Gasteiger charge is -2.39. The van der Waals surface area contributed by atoms with Gasteiger partial charge in [-0.3, -0.25) is 19.3 Å². The Kier molecular flexibility index (Phi) is 13.6. The van der Waals surface area contributed by atoms with Crippen molar-refractivity contribution in [3.05, 3.63) is 137 Å². The minimum absolute atomic E-state index is 0.0214. The van der Waals surface area contributed by atoms with Crippen LogP contribution in [0.1, 0.15) is 54.5 Å². The van der Waals surface area contributed by atoms with Crippen LogP contribution in [-0.4, -0.2) is 110 Å². The van der Waals surface area contributed by atoms with E-state index in [1.165, 1.54) is 16.8 Å². The number of hydrogen-bond donors (Lipinski definition) is 0. The van der Waals surface area contributed by atoms with Crippen molar-refractivity contribution in [2.75, 3.05) is 76.3 Å². The summed E-state index contributed by atoms with van der Waals surface area (Å²) in [4.78, 5) is 53.5. The molecule has 0 unspecified atom stereocenters. The van der Waals surface area contributed by atoms with Crippen molar-refractivity contribution < 1.29 is 14.4 Å². The van der Waals surface area contributed by atoms with Gasteiger partial charge < -0.3 is 24.5 Å².